The maximum absolute atomic E-state index is 12.6. The summed E-state index contributed by atoms with van der Waals surface area (Å²) in [5.74, 6) is -0.106. The highest BCUT2D eigenvalue weighted by atomic mass is 35.5. The maximum atomic E-state index is 12.6. The Hall–Kier alpha value is -1.30. The molecular weight excluding hydrogens is 361 g/mol. The molecule has 0 fully saturated rings. The molecule has 1 rings (SSSR count). The number of benzene rings is 1. The molecule has 1 aromatic rings. The van der Waals surface area contributed by atoms with Gasteiger partial charge in [-0.15, -0.1) is 12.4 Å². The first kappa shape index (κ1) is 23.7. The van der Waals surface area contributed by atoms with Gasteiger partial charge in [-0.05, 0) is 37.0 Å². The van der Waals surface area contributed by atoms with Crippen molar-refractivity contribution in [3.05, 3.63) is 28.8 Å². The van der Waals surface area contributed by atoms with Gasteiger partial charge in [-0.2, -0.15) is 0 Å². The number of carbonyl (C=O) groups is 2. The van der Waals surface area contributed by atoms with E-state index in [0.29, 0.717) is 29.2 Å². The number of hydrogen-bond donors (Lipinski definition) is 3. The van der Waals surface area contributed by atoms with Crippen LogP contribution in [0.2, 0.25) is 5.02 Å². The molecule has 5 nitrogen and oxygen atoms in total. The topological polar surface area (TPSA) is 84.2 Å². The summed E-state index contributed by atoms with van der Waals surface area (Å²) < 4.78 is 0. The van der Waals surface area contributed by atoms with Crippen molar-refractivity contribution in [2.45, 2.75) is 52.5 Å². The molecule has 0 heterocycles. The zero-order valence-electron chi connectivity index (χ0n) is 15.3. The quantitative estimate of drug-likeness (QED) is 0.628. The Morgan fingerprint density at radius 3 is 2.32 bits per heavy atom. The van der Waals surface area contributed by atoms with Crippen LogP contribution in [-0.2, 0) is 4.79 Å². The van der Waals surface area contributed by atoms with Crippen LogP contribution in [0.25, 0.3) is 0 Å². The minimum Gasteiger partial charge on any atom is -0.345 e. The van der Waals surface area contributed by atoms with Gasteiger partial charge in [0, 0.05) is 18.7 Å². The predicted octanol–water partition coefficient (Wildman–Crippen LogP) is 3.99. The van der Waals surface area contributed by atoms with E-state index in [0.717, 1.165) is 12.8 Å². The summed E-state index contributed by atoms with van der Waals surface area (Å²) in [5, 5.41) is 6.13. The highest BCUT2D eigenvalue weighted by Gasteiger charge is 2.27. The minimum absolute atomic E-state index is 0. The second-order valence-electron chi connectivity index (χ2n) is 6.49. The molecule has 0 bridgehead atoms. The number of amides is 2. The third-order valence-electron chi connectivity index (χ3n) is 4.21. The molecule has 7 heteroatoms. The number of nitrogens with two attached hydrogens (primary N) is 1. The molecular formula is C18H29Cl2N3O2. The van der Waals surface area contributed by atoms with Crippen LogP contribution in [0, 0.1) is 5.92 Å². The van der Waals surface area contributed by atoms with Crippen LogP contribution < -0.4 is 16.4 Å². The van der Waals surface area contributed by atoms with Crippen molar-refractivity contribution in [1.82, 2.24) is 5.32 Å². The van der Waals surface area contributed by atoms with E-state index in [4.69, 9.17) is 17.3 Å². The maximum Gasteiger partial charge on any atom is 0.253 e. The molecule has 25 heavy (non-hydrogen) atoms. The molecule has 2 amide bonds. The zero-order valence-corrected chi connectivity index (χ0v) is 16.9. The standard InChI is InChI=1S/C18H28ClN3O2.ClH/c1-5-18(6-2,11-20)22-17(24)14-10-13(7-8-15(14)19)21-16(23)9-12(3)4;/h7-8,10,12H,5-6,9,11,20H2,1-4H3,(H,21,23)(H,22,24);1H. The summed E-state index contributed by atoms with van der Waals surface area (Å²) in [4.78, 5) is 24.5. The molecule has 0 unspecified atom stereocenters. The van der Waals surface area contributed by atoms with E-state index in [-0.39, 0.29) is 30.1 Å². The highest BCUT2D eigenvalue weighted by Crippen LogP contribution is 2.23. The van der Waals surface area contributed by atoms with Gasteiger partial charge in [-0.3, -0.25) is 9.59 Å². The van der Waals surface area contributed by atoms with Crippen molar-refractivity contribution >= 4 is 41.5 Å². The van der Waals surface area contributed by atoms with Crippen molar-refractivity contribution in [2.75, 3.05) is 11.9 Å². The van der Waals surface area contributed by atoms with Crippen LogP contribution in [-0.4, -0.2) is 23.9 Å². The van der Waals surface area contributed by atoms with Crippen molar-refractivity contribution in [2.24, 2.45) is 11.7 Å². The van der Waals surface area contributed by atoms with E-state index in [1.807, 2.05) is 27.7 Å². The molecule has 0 aliphatic rings. The normalized spacial score (nSPS) is 11.0. The Labute approximate surface area is 161 Å². The summed E-state index contributed by atoms with van der Waals surface area (Å²) in [6.07, 6.45) is 1.88. The van der Waals surface area contributed by atoms with Gasteiger partial charge in [0.2, 0.25) is 5.91 Å². The van der Waals surface area contributed by atoms with Gasteiger partial charge in [0.05, 0.1) is 16.1 Å². The van der Waals surface area contributed by atoms with E-state index in [1.165, 1.54) is 0 Å². The smallest absolute Gasteiger partial charge is 0.253 e. The Bertz CT molecular complexity index is 579. The van der Waals surface area contributed by atoms with E-state index in [2.05, 4.69) is 10.6 Å². The number of anilines is 1. The number of rotatable bonds is 8. The van der Waals surface area contributed by atoms with E-state index >= 15 is 0 Å². The predicted molar refractivity (Wildman–Crippen MR) is 107 cm³/mol. The number of nitrogens with one attached hydrogen (secondary N) is 2. The molecule has 0 atom stereocenters. The molecule has 142 valence electrons. The van der Waals surface area contributed by atoms with Crippen LogP contribution in [0.4, 0.5) is 5.69 Å². The summed E-state index contributed by atoms with van der Waals surface area (Å²) in [6, 6.07) is 4.90. The van der Waals surface area contributed by atoms with E-state index in [1.54, 1.807) is 18.2 Å². The summed E-state index contributed by atoms with van der Waals surface area (Å²) >= 11 is 6.17. The van der Waals surface area contributed by atoms with Crippen molar-refractivity contribution in [3.63, 3.8) is 0 Å². The molecule has 0 saturated heterocycles. The van der Waals surface area contributed by atoms with Crippen LogP contribution in [0.5, 0.6) is 0 Å². The van der Waals surface area contributed by atoms with Gasteiger partial charge < -0.3 is 16.4 Å². The Morgan fingerprint density at radius 2 is 1.84 bits per heavy atom. The Morgan fingerprint density at radius 1 is 1.24 bits per heavy atom. The van der Waals surface area contributed by atoms with E-state index in [9.17, 15) is 9.59 Å². The molecule has 0 saturated carbocycles. The zero-order chi connectivity index (χ0) is 18.3. The van der Waals surface area contributed by atoms with Crippen molar-refractivity contribution < 1.29 is 9.59 Å². The number of hydrogen-bond acceptors (Lipinski definition) is 3. The Balaban J connectivity index is 0.00000576. The minimum atomic E-state index is -0.447. The SMILES string of the molecule is CCC(CC)(CN)NC(=O)c1cc(NC(=O)CC(C)C)ccc1Cl.Cl. The fourth-order valence-corrected chi connectivity index (χ4v) is 2.64. The number of halogens is 2. The number of carbonyl (C=O) groups excluding carboxylic acids is 2. The molecule has 0 aliphatic carbocycles. The lowest BCUT2D eigenvalue weighted by Gasteiger charge is -2.31. The first-order chi connectivity index (χ1) is 11.3. The highest BCUT2D eigenvalue weighted by molar-refractivity contribution is 6.34. The van der Waals surface area contributed by atoms with Crippen LogP contribution >= 0.6 is 24.0 Å². The first-order valence-electron chi connectivity index (χ1n) is 8.38. The van der Waals surface area contributed by atoms with Crippen LogP contribution in [0.1, 0.15) is 57.3 Å². The van der Waals surface area contributed by atoms with Crippen molar-refractivity contribution in [1.29, 1.82) is 0 Å². The molecule has 0 aromatic heterocycles. The molecule has 4 N–H and O–H groups in total. The lowest BCUT2D eigenvalue weighted by Crippen LogP contribution is -2.52. The molecule has 0 radical (unpaired) electrons. The van der Waals surface area contributed by atoms with Gasteiger partial charge in [-0.1, -0.05) is 39.3 Å². The molecule has 0 aliphatic heterocycles. The Kier molecular flexibility index (Phi) is 10.1. The summed E-state index contributed by atoms with van der Waals surface area (Å²) in [7, 11) is 0. The van der Waals surface area contributed by atoms with Gasteiger partial charge in [0.1, 0.15) is 0 Å². The van der Waals surface area contributed by atoms with Crippen molar-refractivity contribution in [3.8, 4) is 0 Å². The third-order valence-corrected chi connectivity index (χ3v) is 4.54. The first-order valence-corrected chi connectivity index (χ1v) is 8.76. The summed E-state index contributed by atoms with van der Waals surface area (Å²) in [5.41, 5.74) is 6.27. The monoisotopic (exact) mass is 389 g/mol. The average molecular weight is 390 g/mol. The lowest BCUT2D eigenvalue weighted by molar-refractivity contribution is -0.116. The molecule has 0 spiro atoms. The summed E-state index contributed by atoms with van der Waals surface area (Å²) in [6.45, 7) is 8.28. The van der Waals surface area contributed by atoms with Crippen LogP contribution in [0.15, 0.2) is 18.2 Å². The lowest BCUT2D eigenvalue weighted by atomic mass is 9.92. The molecule has 1 aromatic carbocycles. The van der Waals surface area contributed by atoms with E-state index < -0.39 is 5.54 Å². The largest absolute Gasteiger partial charge is 0.345 e. The fraction of sp³-hybridized carbons (Fsp3) is 0.556. The van der Waals surface area contributed by atoms with Gasteiger partial charge >= 0.3 is 0 Å². The van der Waals surface area contributed by atoms with Gasteiger partial charge in [0.25, 0.3) is 5.91 Å². The van der Waals surface area contributed by atoms with Gasteiger partial charge in [-0.25, -0.2) is 0 Å². The average Bonchev–Trinajstić information content (AvgIpc) is 2.53. The van der Waals surface area contributed by atoms with Gasteiger partial charge in [0.15, 0.2) is 0 Å². The van der Waals surface area contributed by atoms with Crippen LogP contribution in [0.3, 0.4) is 0 Å². The second-order valence-corrected chi connectivity index (χ2v) is 6.89. The third kappa shape index (κ3) is 6.84. The second kappa shape index (κ2) is 10.6. The fourth-order valence-electron chi connectivity index (χ4n) is 2.43.